The SMILES string of the molecule is Nn1c2ccccc2c2ncccc21. The second-order valence-corrected chi connectivity index (χ2v) is 3.26. The summed E-state index contributed by atoms with van der Waals surface area (Å²) in [5.74, 6) is 5.95. The highest BCUT2D eigenvalue weighted by atomic mass is 15.3. The lowest BCUT2D eigenvalue weighted by Gasteiger charge is -1.95. The van der Waals surface area contributed by atoms with Crippen molar-refractivity contribution in [2.75, 3.05) is 5.84 Å². The summed E-state index contributed by atoms with van der Waals surface area (Å²) in [6, 6.07) is 11.9. The zero-order valence-electron chi connectivity index (χ0n) is 7.51. The number of nitrogen functional groups attached to an aromatic ring is 1. The van der Waals surface area contributed by atoms with Crippen LogP contribution >= 0.6 is 0 Å². The van der Waals surface area contributed by atoms with Gasteiger partial charge in [0.1, 0.15) is 0 Å². The Morgan fingerprint density at radius 3 is 2.71 bits per heavy atom. The molecule has 3 aromatic rings. The summed E-state index contributed by atoms with van der Waals surface area (Å²) < 4.78 is 1.68. The first kappa shape index (κ1) is 7.38. The Morgan fingerprint density at radius 2 is 1.79 bits per heavy atom. The molecule has 0 unspecified atom stereocenters. The van der Waals surface area contributed by atoms with Gasteiger partial charge in [-0.1, -0.05) is 18.2 Å². The zero-order chi connectivity index (χ0) is 9.54. The monoisotopic (exact) mass is 183 g/mol. The molecule has 2 N–H and O–H groups in total. The number of para-hydroxylation sites is 1. The Balaban J connectivity index is 2.69. The summed E-state index contributed by atoms with van der Waals surface area (Å²) in [6.45, 7) is 0. The molecule has 0 fully saturated rings. The van der Waals surface area contributed by atoms with E-state index in [0.717, 1.165) is 21.9 Å². The van der Waals surface area contributed by atoms with Gasteiger partial charge in [-0.05, 0) is 18.2 Å². The van der Waals surface area contributed by atoms with Gasteiger partial charge in [0.15, 0.2) is 0 Å². The van der Waals surface area contributed by atoms with Crippen LogP contribution in [-0.4, -0.2) is 9.66 Å². The highest BCUT2D eigenvalue weighted by Crippen LogP contribution is 2.24. The van der Waals surface area contributed by atoms with Crippen LogP contribution in [0.25, 0.3) is 21.9 Å². The van der Waals surface area contributed by atoms with Crippen LogP contribution in [0.4, 0.5) is 0 Å². The van der Waals surface area contributed by atoms with Gasteiger partial charge in [0, 0.05) is 11.6 Å². The fourth-order valence-electron chi connectivity index (χ4n) is 1.81. The van der Waals surface area contributed by atoms with Gasteiger partial charge < -0.3 is 5.84 Å². The molecular weight excluding hydrogens is 174 g/mol. The molecule has 0 saturated carbocycles. The number of fused-ring (bicyclic) bond motifs is 3. The van der Waals surface area contributed by atoms with E-state index < -0.39 is 0 Å². The molecule has 0 saturated heterocycles. The molecule has 0 amide bonds. The van der Waals surface area contributed by atoms with Crippen molar-refractivity contribution in [2.45, 2.75) is 0 Å². The molecule has 3 rings (SSSR count). The summed E-state index contributed by atoms with van der Waals surface area (Å²) in [4.78, 5) is 4.33. The van der Waals surface area contributed by atoms with Gasteiger partial charge >= 0.3 is 0 Å². The van der Waals surface area contributed by atoms with Crippen molar-refractivity contribution >= 4 is 21.9 Å². The second kappa shape index (κ2) is 2.48. The van der Waals surface area contributed by atoms with E-state index in [0.29, 0.717) is 0 Å². The van der Waals surface area contributed by atoms with E-state index in [-0.39, 0.29) is 0 Å². The van der Waals surface area contributed by atoms with Gasteiger partial charge in [-0.2, -0.15) is 0 Å². The third kappa shape index (κ3) is 0.785. The maximum Gasteiger partial charge on any atom is 0.0979 e. The largest absolute Gasteiger partial charge is 0.339 e. The molecule has 3 nitrogen and oxygen atoms in total. The van der Waals surface area contributed by atoms with E-state index in [2.05, 4.69) is 4.98 Å². The fraction of sp³-hybridized carbons (Fsp3) is 0. The maximum atomic E-state index is 5.95. The zero-order valence-corrected chi connectivity index (χ0v) is 7.51. The van der Waals surface area contributed by atoms with E-state index in [9.17, 15) is 0 Å². The average Bonchev–Trinajstić information content (AvgIpc) is 2.55. The van der Waals surface area contributed by atoms with Crippen LogP contribution in [0.1, 0.15) is 0 Å². The maximum absolute atomic E-state index is 5.95. The smallest absolute Gasteiger partial charge is 0.0979 e. The standard InChI is InChI=1S/C11H9N3/c12-14-9-5-2-1-4-8(9)11-10(14)6-3-7-13-11/h1-7H,12H2. The number of nitrogens with zero attached hydrogens (tertiary/aromatic N) is 2. The molecular formula is C11H9N3. The summed E-state index contributed by atoms with van der Waals surface area (Å²) in [7, 11) is 0. The molecule has 2 aromatic heterocycles. The van der Waals surface area contributed by atoms with Crippen molar-refractivity contribution in [3.8, 4) is 0 Å². The van der Waals surface area contributed by atoms with Gasteiger partial charge in [0.25, 0.3) is 0 Å². The Hall–Kier alpha value is -2.03. The minimum Gasteiger partial charge on any atom is -0.339 e. The first-order chi connectivity index (χ1) is 6.88. The predicted octanol–water partition coefficient (Wildman–Crippen LogP) is 1.90. The summed E-state index contributed by atoms with van der Waals surface area (Å²) in [5.41, 5.74) is 2.94. The third-order valence-corrected chi connectivity index (χ3v) is 2.46. The number of hydrogen-bond donors (Lipinski definition) is 1. The molecule has 0 aliphatic rings. The number of nitrogens with two attached hydrogens (primary N) is 1. The number of benzene rings is 1. The highest BCUT2D eigenvalue weighted by Gasteiger charge is 2.07. The molecule has 0 aliphatic carbocycles. The van der Waals surface area contributed by atoms with Crippen molar-refractivity contribution in [3.63, 3.8) is 0 Å². The summed E-state index contributed by atoms with van der Waals surface area (Å²) in [6.07, 6.45) is 1.79. The van der Waals surface area contributed by atoms with Crippen molar-refractivity contribution in [2.24, 2.45) is 0 Å². The number of pyridine rings is 1. The van der Waals surface area contributed by atoms with Gasteiger partial charge in [-0.15, -0.1) is 0 Å². The molecule has 2 heterocycles. The lowest BCUT2D eigenvalue weighted by Crippen LogP contribution is -2.06. The number of hydrogen-bond acceptors (Lipinski definition) is 2. The lowest BCUT2D eigenvalue weighted by molar-refractivity contribution is 1.12. The quantitative estimate of drug-likeness (QED) is 0.541. The molecule has 0 atom stereocenters. The predicted molar refractivity (Wildman–Crippen MR) is 57.4 cm³/mol. The van der Waals surface area contributed by atoms with Crippen LogP contribution < -0.4 is 5.84 Å². The lowest BCUT2D eigenvalue weighted by atomic mass is 10.2. The Morgan fingerprint density at radius 1 is 1.00 bits per heavy atom. The van der Waals surface area contributed by atoms with E-state index in [4.69, 9.17) is 5.84 Å². The molecule has 0 aliphatic heterocycles. The molecule has 1 aromatic carbocycles. The molecule has 3 heteroatoms. The average molecular weight is 183 g/mol. The van der Waals surface area contributed by atoms with Crippen molar-refractivity contribution in [3.05, 3.63) is 42.6 Å². The van der Waals surface area contributed by atoms with E-state index >= 15 is 0 Å². The summed E-state index contributed by atoms with van der Waals surface area (Å²) in [5, 5.41) is 1.10. The minimum absolute atomic E-state index is 0.964. The van der Waals surface area contributed by atoms with E-state index in [1.54, 1.807) is 10.9 Å². The molecule has 14 heavy (non-hydrogen) atoms. The van der Waals surface area contributed by atoms with Crippen molar-refractivity contribution in [1.82, 2.24) is 9.66 Å². The first-order valence-corrected chi connectivity index (χ1v) is 4.47. The first-order valence-electron chi connectivity index (χ1n) is 4.47. The molecule has 0 spiro atoms. The fourth-order valence-corrected chi connectivity index (χ4v) is 1.81. The summed E-state index contributed by atoms with van der Waals surface area (Å²) >= 11 is 0. The Labute approximate surface area is 80.7 Å². The van der Waals surface area contributed by atoms with Crippen LogP contribution in [0.2, 0.25) is 0 Å². The number of aromatic nitrogens is 2. The van der Waals surface area contributed by atoms with Crippen molar-refractivity contribution < 1.29 is 0 Å². The van der Waals surface area contributed by atoms with Gasteiger partial charge in [0.2, 0.25) is 0 Å². The van der Waals surface area contributed by atoms with Crippen LogP contribution in [0.3, 0.4) is 0 Å². The Bertz CT molecular complexity index is 557. The van der Waals surface area contributed by atoms with E-state index in [1.165, 1.54) is 0 Å². The van der Waals surface area contributed by atoms with E-state index in [1.807, 2.05) is 36.4 Å². The van der Waals surface area contributed by atoms with Gasteiger partial charge in [-0.25, -0.2) is 0 Å². The molecule has 0 bridgehead atoms. The van der Waals surface area contributed by atoms with Crippen LogP contribution in [0, 0.1) is 0 Å². The van der Waals surface area contributed by atoms with Gasteiger partial charge in [0.05, 0.1) is 16.6 Å². The van der Waals surface area contributed by atoms with Crippen molar-refractivity contribution in [1.29, 1.82) is 0 Å². The minimum atomic E-state index is 0.964. The number of rotatable bonds is 0. The van der Waals surface area contributed by atoms with Gasteiger partial charge in [-0.3, -0.25) is 9.66 Å². The van der Waals surface area contributed by atoms with Crippen LogP contribution in [0.15, 0.2) is 42.6 Å². The topological polar surface area (TPSA) is 43.8 Å². The van der Waals surface area contributed by atoms with Crippen LogP contribution in [-0.2, 0) is 0 Å². The second-order valence-electron chi connectivity index (χ2n) is 3.26. The normalized spacial score (nSPS) is 11.1. The van der Waals surface area contributed by atoms with Crippen LogP contribution in [0.5, 0.6) is 0 Å². The molecule has 0 radical (unpaired) electrons. The third-order valence-electron chi connectivity index (χ3n) is 2.46. The molecule has 68 valence electrons. The highest BCUT2D eigenvalue weighted by molar-refractivity contribution is 6.05. The Kier molecular flexibility index (Phi) is 1.31.